The van der Waals surface area contributed by atoms with E-state index in [1.54, 1.807) is 61.7 Å². The van der Waals surface area contributed by atoms with Crippen LogP contribution >= 0.6 is 31.3 Å². The topological polar surface area (TPSA) is 301 Å². The Kier molecular flexibility index (Phi) is 11.9. The first kappa shape index (κ1) is 40.9. The molecule has 54 heavy (non-hydrogen) atoms. The van der Waals surface area contributed by atoms with Gasteiger partial charge in [0.2, 0.25) is 5.79 Å². The molecule has 3 aromatic rings. The summed E-state index contributed by atoms with van der Waals surface area (Å²) in [7, 11) is -23.4. The molecule has 2 aromatic carbocycles. The molecule has 1 fully saturated rings. The fourth-order valence-electron chi connectivity index (χ4n) is 6.17. The van der Waals surface area contributed by atoms with E-state index < -0.39 is 74.3 Å². The summed E-state index contributed by atoms with van der Waals surface area (Å²) in [6, 6.07) is 12.1. The maximum atomic E-state index is 13.4. The van der Waals surface area contributed by atoms with E-state index in [0.717, 1.165) is 0 Å². The molecule has 21 nitrogen and oxygen atoms in total. The number of aromatic amines is 1. The van der Waals surface area contributed by atoms with Gasteiger partial charge in [-0.05, 0) is 41.7 Å². The minimum atomic E-state index is -6.16. The van der Waals surface area contributed by atoms with Crippen molar-refractivity contribution >= 4 is 43.2 Å². The van der Waals surface area contributed by atoms with Gasteiger partial charge in [0, 0.05) is 17.3 Å². The van der Waals surface area contributed by atoms with Gasteiger partial charge in [-0.25, -0.2) is 23.1 Å². The molecule has 3 aliphatic heterocycles. The lowest BCUT2D eigenvalue weighted by Crippen LogP contribution is -2.46. The summed E-state index contributed by atoms with van der Waals surface area (Å²) >= 11 is 0. The minimum absolute atomic E-state index is 0.149. The number of ether oxygens (including phenoxy) is 3. The van der Waals surface area contributed by atoms with Gasteiger partial charge < -0.3 is 49.2 Å². The fourth-order valence-corrected chi connectivity index (χ4v) is 11.4. The highest BCUT2D eigenvalue weighted by Gasteiger charge is 2.62. The minimum Gasteiger partial charge on any atom is -0.394 e. The Hall–Kier alpha value is -2.74. The van der Waals surface area contributed by atoms with Gasteiger partial charge in [-0.1, -0.05) is 49.4 Å². The number of nitrogens with one attached hydrogen (secondary N) is 2. The molecule has 0 amide bonds. The van der Waals surface area contributed by atoms with Crippen molar-refractivity contribution in [3.8, 4) is 11.1 Å². The lowest BCUT2D eigenvalue weighted by molar-refractivity contribution is -0.284. The second kappa shape index (κ2) is 15.7. The van der Waals surface area contributed by atoms with Crippen LogP contribution in [-0.4, -0.2) is 66.2 Å². The highest BCUT2D eigenvalue weighted by molar-refractivity contribution is 7.69. The second-order valence-electron chi connectivity index (χ2n) is 12.0. The van der Waals surface area contributed by atoms with Crippen LogP contribution in [0.1, 0.15) is 41.3 Å². The molecule has 1 saturated heterocycles. The van der Waals surface area contributed by atoms with Crippen molar-refractivity contribution in [2.45, 2.75) is 57.6 Å². The molecule has 8 atom stereocenters. The van der Waals surface area contributed by atoms with Crippen molar-refractivity contribution in [2.24, 2.45) is 0 Å². The quantitative estimate of drug-likeness (QED) is 0.113. The van der Waals surface area contributed by atoms with Crippen LogP contribution in [0.5, 0.6) is 0 Å². The number of fused-ring (bicyclic) bond motifs is 5. The molecule has 5 unspecified atom stereocenters. The van der Waals surface area contributed by atoms with Gasteiger partial charge in [-0.3, -0.25) is 9.05 Å². The van der Waals surface area contributed by atoms with E-state index in [2.05, 4.69) is 32.7 Å². The fraction of sp³-hybridized carbons (Fsp3) is 0.379. The number of nitrogens with zero attached hydrogens (tertiary/aromatic N) is 1. The summed E-state index contributed by atoms with van der Waals surface area (Å²) in [5.41, 5.74) is 2.56. The van der Waals surface area contributed by atoms with Gasteiger partial charge in [-0.2, -0.15) is 17.9 Å². The Morgan fingerprint density at radius 3 is 2.30 bits per heavy atom. The van der Waals surface area contributed by atoms with Crippen molar-refractivity contribution in [3.05, 3.63) is 87.1 Å². The van der Waals surface area contributed by atoms with Crippen LogP contribution in [0, 0.1) is 6.92 Å². The predicted octanol–water partition coefficient (Wildman–Crippen LogP) is 4.06. The standard InChI is InChI=1S/C29H35N3O18P4/c1-3-12-45-51(35,36)48-53(39,40)50-54(41,42)49-52(37,38)47-25-22(14-33)46-29(26(25)43-15-18-7-5-8-19(13-18)16-44-29)24-17(2)6-4-9-20(24)23-21-10-11-30-27(23)32-28(34)31-21/h4-11,13,22,25-26,33H,3,12,14-16H2,1-2H3,(H,35,36)(H,37,38)(H,39,40)(H,41,42)(H2,30,31,32,34)/t22-,25-,26-,29?/m1/s1. The summed E-state index contributed by atoms with van der Waals surface area (Å²) < 4.78 is 91.8. The van der Waals surface area contributed by atoms with Crippen molar-refractivity contribution < 1.29 is 79.1 Å². The monoisotopic (exact) mass is 837 g/mol. The van der Waals surface area contributed by atoms with E-state index in [-0.39, 0.29) is 31.0 Å². The number of hydrogen-bond acceptors (Lipinski definition) is 16. The van der Waals surface area contributed by atoms with Crippen molar-refractivity contribution in [3.63, 3.8) is 0 Å². The summed E-state index contributed by atoms with van der Waals surface area (Å²) in [6.07, 6.45) is -1.74. The molecule has 25 heteroatoms. The average molecular weight is 837 g/mol. The third kappa shape index (κ3) is 8.94. The van der Waals surface area contributed by atoms with Crippen LogP contribution in [0.4, 0.5) is 5.82 Å². The summed E-state index contributed by atoms with van der Waals surface area (Å²) in [5.74, 6) is -1.95. The zero-order valence-corrected chi connectivity index (χ0v) is 31.8. The highest BCUT2D eigenvalue weighted by atomic mass is 31.3. The molecule has 3 aliphatic rings. The van der Waals surface area contributed by atoms with Crippen LogP contribution in [0.2, 0.25) is 0 Å². The van der Waals surface area contributed by atoms with Crippen LogP contribution in [-0.2, 0) is 73.5 Å². The van der Waals surface area contributed by atoms with Crippen LogP contribution < -0.4 is 11.0 Å². The lowest BCUT2D eigenvalue weighted by Gasteiger charge is -2.38. The predicted molar refractivity (Wildman–Crippen MR) is 185 cm³/mol. The third-order valence-electron chi connectivity index (χ3n) is 8.07. The molecule has 294 valence electrons. The molecule has 0 saturated carbocycles. The maximum Gasteiger partial charge on any atom is 0.490 e. The van der Waals surface area contributed by atoms with Crippen molar-refractivity contribution in [2.75, 3.05) is 18.5 Å². The molecule has 4 heterocycles. The van der Waals surface area contributed by atoms with E-state index >= 15 is 0 Å². The number of phosphoric ester groups is 2. The van der Waals surface area contributed by atoms with E-state index in [1.807, 2.05) is 0 Å². The first-order valence-corrected chi connectivity index (χ1v) is 21.9. The molecule has 4 bridgehead atoms. The molecular weight excluding hydrogens is 802 g/mol. The van der Waals surface area contributed by atoms with E-state index in [1.165, 1.54) is 6.92 Å². The average Bonchev–Trinajstić information content (AvgIpc) is 3.36. The number of phosphoric acid groups is 4. The van der Waals surface area contributed by atoms with Gasteiger partial charge in [0.1, 0.15) is 24.1 Å². The Balaban J connectivity index is 1.40. The Morgan fingerprint density at radius 1 is 0.944 bits per heavy atom. The van der Waals surface area contributed by atoms with E-state index in [4.69, 9.17) is 18.7 Å². The normalized spacial score (nSPS) is 26.5. The van der Waals surface area contributed by atoms with Gasteiger partial charge in [0.25, 0.3) is 0 Å². The molecular formula is C29H35N3O18P4. The molecule has 0 radical (unpaired) electrons. The first-order chi connectivity index (χ1) is 25.4. The van der Waals surface area contributed by atoms with E-state index in [0.29, 0.717) is 33.5 Å². The number of aromatic nitrogens is 2. The largest absolute Gasteiger partial charge is 0.490 e. The van der Waals surface area contributed by atoms with Crippen LogP contribution in [0.3, 0.4) is 0 Å². The molecule has 1 aromatic heterocycles. The number of hydrogen-bond donors (Lipinski definition) is 7. The molecule has 0 aliphatic carbocycles. The number of H-pyrrole nitrogens is 1. The number of aryl methyl sites for hydroxylation is 1. The van der Waals surface area contributed by atoms with Gasteiger partial charge in [-0.15, -0.1) is 0 Å². The van der Waals surface area contributed by atoms with Gasteiger partial charge >= 0.3 is 37.0 Å². The Bertz CT molecular complexity index is 2200. The Morgan fingerprint density at radius 2 is 1.61 bits per heavy atom. The Labute approximate surface area is 306 Å². The molecule has 0 spiro atoms. The van der Waals surface area contributed by atoms with E-state index in [9.17, 15) is 47.7 Å². The second-order valence-corrected chi connectivity index (χ2v) is 18.2. The maximum absolute atomic E-state index is 13.4. The van der Waals surface area contributed by atoms with Gasteiger partial charge in [0.15, 0.2) is 0 Å². The number of anilines is 1. The smallest absolute Gasteiger partial charge is 0.394 e. The summed E-state index contributed by atoms with van der Waals surface area (Å²) in [6.45, 7) is 1.56. The van der Waals surface area contributed by atoms with Crippen molar-refractivity contribution in [1.29, 1.82) is 0 Å². The van der Waals surface area contributed by atoms with Crippen molar-refractivity contribution in [1.82, 2.24) is 9.97 Å². The zero-order chi connectivity index (χ0) is 39.1. The lowest BCUT2D eigenvalue weighted by atomic mass is 9.86. The third-order valence-corrected chi connectivity index (χ3v) is 14.0. The first-order valence-electron chi connectivity index (χ1n) is 15.9. The number of aliphatic hydroxyl groups is 1. The SMILES string of the molecule is CCCOP(=O)(O)OP(=O)(O)OP(=O)(O)OP(=O)(O)O[C@H]1[C@H]2OCc3cccc(c3)COC2(c2c(C)cccc2-c2c3nc(=O)[nH]c2C=CN3)O[C@@H]1CO. The van der Waals surface area contributed by atoms with Crippen LogP contribution in [0.25, 0.3) is 17.2 Å². The number of aliphatic hydroxyl groups excluding tert-OH is 1. The molecule has 6 rings (SSSR count). The highest BCUT2D eigenvalue weighted by Crippen LogP contribution is 2.72. The zero-order valence-electron chi connectivity index (χ0n) is 28.2. The summed E-state index contributed by atoms with van der Waals surface area (Å²) in [5, 5.41) is 13.5. The van der Waals surface area contributed by atoms with Gasteiger partial charge in [0.05, 0.1) is 32.1 Å². The van der Waals surface area contributed by atoms with Crippen LogP contribution in [0.15, 0.2) is 53.5 Å². The number of rotatable bonds is 14. The summed E-state index contributed by atoms with van der Waals surface area (Å²) in [4.78, 5) is 59.6. The molecule has 7 N–H and O–H groups in total. The number of benzene rings is 2.